The molecule has 1 saturated heterocycles. The van der Waals surface area contributed by atoms with Crippen molar-refractivity contribution in [2.45, 2.75) is 146 Å². The van der Waals surface area contributed by atoms with Crippen LogP contribution in [0, 0.1) is 11.2 Å². The van der Waals surface area contributed by atoms with Crippen molar-refractivity contribution in [2.24, 2.45) is 5.41 Å². The molecule has 1 aromatic heterocycles. The Morgan fingerprint density at radius 1 is 0.933 bits per heavy atom. The van der Waals surface area contributed by atoms with Gasteiger partial charge in [0.25, 0.3) is 0 Å². The zero-order valence-corrected chi connectivity index (χ0v) is 30.1. The Morgan fingerprint density at radius 3 is 2.00 bits per heavy atom. The monoisotopic (exact) mass is 615 g/mol. The van der Waals surface area contributed by atoms with Gasteiger partial charge in [-0.2, -0.15) is 9.97 Å². The number of hydrogen-bond donors (Lipinski definition) is 0. The molecule has 2 unspecified atom stereocenters. The van der Waals surface area contributed by atoms with Crippen LogP contribution in [-0.2, 0) is 12.8 Å². The third-order valence-corrected chi connectivity index (χ3v) is 11.1. The number of ether oxygens (including phenoxy) is 1. The molecule has 2 atom stereocenters. The first-order valence-electron chi connectivity index (χ1n) is 17.6. The molecule has 1 aromatic carbocycles. The van der Waals surface area contributed by atoms with Gasteiger partial charge in [0.15, 0.2) is 5.82 Å². The van der Waals surface area contributed by atoms with E-state index < -0.39 is 0 Å². The Balaban J connectivity index is 2.10. The highest BCUT2D eigenvalue weighted by Crippen LogP contribution is 2.49. The number of anilines is 1. The fourth-order valence-corrected chi connectivity index (χ4v) is 7.39. The van der Waals surface area contributed by atoms with Crippen molar-refractivity contribution in [3.05, 3.63) is 63.0 Å². The summed E-state index contributed by atoms with van der Waals surface area (Å²) in [6.07, 6.45) is 11.2. The average molecular weight is 616 g/mol. The molecular weight excluding hydrogens is 557 g/mol. The summed E-state index contributed by atoms with van der Waals surface area (Å²) in [4.78, 5) is 12.6. The summed E-state index contributed by atoms with van der Waals surface area (Å²) in [6.45, 7) is 28.9. The van der Waals surface area contributed by atoms with E-state index in [1.807, 2.05) is 0 Å². The molecule has 2 aliphatic rings. The van der Waals surface area contributed by atoms with Crippen molar-refractivity contribution in [1.29, 1.82) is 0 Å². The smallest absolute Gasteiger partial charge is 0.319 e. The highest BCUT2D eigenvalue weighted by atomic mass is 19.1. The molecule has 45 heavy (non-hydrogen) atoms. The summed E-state index contributed by atoms with van der Waals surface area (Å²) in [6, 6.07) is 1.02. The molecule has 1 saturated carbocycles. The average Bonchev–Trinajstić information content (AvgIpc) is 3.71. The number of allylic oxidation sites excluding steroid dienone is 7. The molecule has 0 radical (unpaired) electrons. The van der Waals surface area contributed by atoms with Gasteiger partial charge in [0.2, 0.25) is 0 Å². The predicted octanol–water partition coefficient (Wildman–Crippen LogP) is 11.3. The standard InChI is InChI=1S/C40H58FN3O/c1-13-25(9)27(11)33(26(10)24(7)8)28(12)34-31(16-4)32(17-5)35-37(36(34)41)42-39(45-23-40(18-6)21-22-40)43-38(35)44-29(14-2)19-20-30(44)15-3/h13,29-30H,12,14-23H2,1-11H3/b25-13-,33-27-. The van der Waals surface area contributed by atoms with Crippen molar-refractivity contribution < 1.29 is 9.13 Å². The lowest BCUT2D eigenvalue weighted by molar-refractivity contribution is 0.214. The summed E-state index contributed by atoms with van der Waals surface area (Å²) >= 11 is 0. The molecule has 1 aliphatic carbocycles. The normalized spacial score (nSPS) is 20.0. The first-order chi connectivity index (χ1) is 21.4. The largest absolute Gasteiger partial charge is 0.463 e. The second-order valence-corrected chi connectivity index (χ2v) is 13.7. The van der Waals surface area contributed by atoms with Gasteiger partial charge in [-0.05, 0) is 133 Å². The van der Waals surface area contributed by atoms with Gasteiger partial charge in [-0.25, -0.2) is 4.39 Å². The lowest BCUT2D eigenvalue weighted by atomic mass is 9.82. The Hall–Kier alpha value is -2.95. The van der Waals surface area contributed by atoms with Gasteiger partial charge in [0.1, 0.15) is 11.3 Å². The second kappa shape index (κ2) is 14.2. The molecule has 2 aromatic rings. The third kappa shape index (κ3) is 6.51. The first-order valence-corrected chi connectivity index (χ1v) is 17.6. The number of aromatic nitrogens is 2. The minimum atomic E-state index is -0.306. The molecule has 2 fully saturated rings. The van der Waals surface area contributed by atoms with Gasteiger partial charge in [0.05, 0.1) is 6.61 Å². The molecule has 246 valence electrons. The quantitative estimate of drug-likeness (QED) is 0.210. The molecule has 2 heterocycles. The van der Waals surface area contributed by atoms with Gasteiger partial charge >= 0.3 is 6.01 Å². The van der Waals surface area contributed by atoms with Crippen LogP contribution in [0.1, 0.15) is 138 Å². The zero-order valence-electron chi connectivity index (χ0n) is 30.1. The predicted molar refractivity (Wildman–Crippen MR) is 191 cm³/mol. The van der Waals surface area contributed by atoms with Crippen LogP contribution in [0.2, 0.25) is 0 Å². The minimum absolute atomic E-state index is 0.201. The maximum atomic E-state index is 17.5. The van der Waals surface area contributed by atoms with E-state index in [1.165, 1.54) is 5.57 Å². The zero-order chi connectivity index (χ0) is 33.2. The molecule has 0 spiro atoms. The van der Waals surface area contributed by atoms with Crippen LogP contribution in [0.4, 0.5) is 10.2 Å². The maximum absolute atomic E-state index is 17.5. The second-order valence-electron chi connectivity index (χ2n) is 13.7. The van der Waals surface area contributed by atoms with E-state index in [9.17, 15) is 0 Å². The van der Waals surface area contributed by atoms with E-state index in [1.54, 1.807) is 0 Å². The van der Waals surface area contributed by atoms with E-state index in [4.69, 9.17) is 14.7 Å². The van der Waals surface area contributed by atoms with Crippen LogP contribution in [0.25, 0.3) is 16.5 Å². The van der Waals surface area contributed by atoms with Gasteiger partial charge in [0, 0.05) is 28.4 Å². The van der Waals surface area contributed by atoms with Gasteiger partial charge in [-0.1, -0.05) is 58.4 Å². The van der Waals surface area contributed by atoms with E-state index in [-0.39, 0.29) is 11.2 Å². The van der Waals surface area contributed by atoms with Crippen LogP contribution in [0.15, 0.2) is 40.5 Å². The molecule has 4 rings (SSSR count). The molecule has 0 bridgehead atoms. The van der Waals surface area contributed by atoms with Crippen molar-refractivity contribution in [1.82, 2.24) is 9.97 Å². The van der Waals surface area contributed by atoms with Crippen LogP contribution >= 0.6 is 0 Å². The van der Waals surface area contributed by atoms with Crippen molar-refractivity contribution in [2.75, 3.05) is 11.5 Å². The number of hydrogen-bond acceptors (Lipinski definition) is 4. The number of nitrogens with zero attached hydrogens (tertiary/aromatic N) is 3. The highest BCUT2D eigenvalue weighted by molar-refractivity contribution is 5.99. The Labute approximate surface area is 272 Å². The lowest BCUT2D eigenvalue weighted by Crippen LogP contribution is -2.36. The van der Waals surface area contributed by atoms with Crippen molar-refractivity contribution in [3.63, 3.8) is 0 Å². The van der Waals surface area contributed by atoms with Crippen LogP contribution < -0.4 is 9.64 Å². The van der Waals surface area contributed by atoms with Crippen LogP contribution in [0.5, 0.6) is 6.01 Å². The van der Waals surface area contributed by atoms with Gasteiger partial charge < -0.3 is 9.64 Å². The van der Waals surface area contributed by atoms with Gasteiger partial charge in [-0.3, -0.25) is 0 Å². The van der Waals surface area contributed by atoms with Crippen molar-refractivity contribution in [3.8, 4) is 6.01 Å². The molecule has 0 N–H and O–H groups in total. The fraction of sp³-hybridized carbons (Fsp3) is 0.600. The third-order valence-electron chi connectivity index (χ3n) is 11.1. The Kier molecular flexibility index (Phi) is 11.0. The number of benzene rings is 1. The molecule has 0 amide bonds. The first kappa shape index (κ1) is 34.9. The topological polar surface area (TPSA) is 38.2 Å². The number of halogens is 1. The van der Waals surface area contributed by atoms with Crippen LogP contribution in [-0.4, -0.2) is 28.7 Å². The fourth-order valence-electron chi connectivity index (χ4n) is 7.39. The van der Waals surface area contributed by atoms with Crippen LogP contribution in [0.3, 0.4) is 0 Å². The van der Waals surface area contributed by atoms with Crippen molar-refractivity contribution >= 4 is 22.3 Å². The van der Waals surface area contributed by atoms with Gasteiger partial charge in [-0.15, -0.1) is 0 Å². The summed E-state index contributed by atoms with van der Waals surface area (Å²) in [5.74, 6) is 0.548. The summed E-state index contributed by atoms with van der Waals surface area (Å²) in [7, 11) is 0. The summed E-state index contributed by atoms with van der Waals surface area (Å²) in [5, 5.41) is 0.858. The van der Waals surface area contributed by atoms with E-state index in [0.29, 0.717) is 42.2 Å². The summed E-state index contributed by atoms with van der Waals surface area (Å²) in [5.41, 5.74) is 9.65. The number of aryl methyl sites for hydroxylation is 1. The van der Waals surface area contributed by atoms with E-state index in [0.717, 1.165) is 102 Å². The lowest BCUT2D eigenvalue weighted by Gasteiger charge is -2.33. The number of fused-ring (bicyclic) bond motifs is 1. The highest BCUT2D eigenvalue weighted by Gasteiger charge is 2.42. The summed E-state index contributed by atoms with van der Waals surface area (Å²) < 4.78 is 23.9. The minimum Gasteiger partial charge on any atom is -0.463 e. The molecule has 5 heteroatoms. The maximum Gasteiger partial charge on any atom is 0.319 e. The molecular formula is C40H58FN3O. The Bertz CT molecular complexity index is 1520. The van der Waals surface area contributed by atoms with E-state index >= 15 is 4.39 Å². The number of rotatable bonds is 13. The molecule has 4 nitrogen and oxygen atoms in total. The SMILES string of the molecule is C=C(/C(C(C)=C(C)C)=C(C)\C(C)=C/C)c1c(CC)c(CC)c2c(N3C(CC)CCC3CC)nc(OCC3(CC)CC3)nc2c1F. The Morgan fingerprint density at radius 2 is 1.53 bits per heavy atom. The van der Waals surface area contributed by atoms with E-state index in [2.05, 4.69) is 93.7 Å². The molecule has 1 aliphatic heterocycles.